The standard InChI is InChI=1S/C17H17N3O/c18-16(13-7-3-1-4-8-13)17(21)14-11-19-20(12-14)15-9-5-2-6-10-15/h1-12,16-17,21H,18H2. The molecule has 3 rings (SSSR count). The molecular weight excluding hydrogens is 262 g/mol. The summed E-state index contributed by atoms with van der Waals surface area (Å²) in [6.07, 6.45) is 2.67. The van der Waals surface area contributed by atoms with E-state index in [0.29, 0.717) is 5.56 Å². The molecule has 0 bridgehead atoms. The summed E-state index contributed by atoms with van der Waals surface area (Å²) in [5.74, 6) is 0. The Balaban J connectivity index is 1.83. The monoisotopic (exact) mass is 279 g/mol. The molecule has 0 aliphatic rings. The van der Waals surface area contributed by atoms with Crippen LogP contribution in [-0.4, -0.2) is 14.9 Å². The molecule has 0 spiro atoms. The van der Waals surface area contributed by atoms with E-state index in [4.69, 9.17) is 5.73 Å². The number of aliphatic hydroxyl groups is 1. The molecule has 0 radical (unpaired) electrons. The van der Waals surface area contributed by atoms with Crippen molar-refractivity contribution in [3.8, 4) is 5.69 Å². The van der Waals surface area contributed by atoms with Gasteiger partial charge in [0.25, 0.3) is 0 Å². The van der Waals surface area contributed by atoms with Crippen molar-refractivity contribution in [2.75, 3.05) is 0 Å². The summed E-state index contributed by atoms with van der Waals surface area (Å²) in [5.41, 5.74) is 8.68. The van der Waals surface area contributed by atoms with Gasteiger partial charge in [-0.3, -0.25) is 0 Å². The maximum atomic E-state index is 10.4. The van der Waals surface area contributed by atoms with Crippen LogP contribution in [0.4, 0.5) is 0 Å². The van der Waals surface area contributed by atoms with Gasteiger partial charge in [-0.25, -0.2) is 4.68 Å². The minimum absolute atomic E-state index is 0.473. The first-order valence-corrected chi connectivity index (χ1v) is 6.84. The number of aromatic nitrogens is 2. The zero-order valence-corrected chi connectivity index (χ0v) is 11.5. The van der Waals surface area contributed by atoms with E-state index < -0.39 is 12.1 Å². The van der Waals surface area contributed by atoms with Gasteiger partial charge in [0.2, 0.25) is 0 Å². The lowest BCUT2D eigenvalue weighted by atomic mass is 9.99. The quantitative estimate of drug-likeness (QED) is 0.771. The SMILES string of the molecule is NC(c1ccccc1)C(O)c1cnn(-c2ccccc2)c1. The van der Waals surface area contributed by atoms with Gasteiger partial charge in [0.1, 0.15) is 6.10 Å². The average molecular weight is 279 g/mol. The molecule has 0 fully saturated rings. The predicted molar refractivity (Wildman–Crippen MR) is 81.9 cm³/mol. The van der Waals surface area contributed by atoms with E-state index in [-0.39, 0.29) is 0 Å². The van der Waals surface area contributed by atoms with Crippen LogP contribution >= 0.6 is 0 Å². The van der Waals surface area contributed by atoms with Gasteiger partial charge in [-0.05, 0) is 17.7 Å². The second kappa shape index (κ2) is 5.91. The number of benzene rings is 2. The van der Waals surface area contributed by atoms with Crippen LogP contribution in [0.5, 0.6) is 0 Å². The first-order valence-electron chi connectivity index (χ1n) is 6.84. The van der Waals surface area contributed by atoms with Crippen molar-refractivity contribution < 1.29 is 5.11 Å². The van der Waals surface area contributed by atoms with Crippen molar-refractivity contribution >= 4 is 0 Å². The van der Waals surface area contributed by atoms with Gasteiger partial charge in [0, 0.05) is 11.8 Å². The average Bonchev–Trinajstić information content (AvgIpc) is 3.05. The predicted octanol–water partition coefficient (Wildman–Crippen LogP) is 2.61. The molecule has 2 atom stereocenters. The molecule has 0 aliphatic carbocycles. The molecule has 3 N–H and O–H groups in total. The number of rotatable bonds is 4. The van der Waals surface area contributed by atoms with Crippen molar-refractivity contribution in [1.82, 2.24) is 9.78 Å². The van der Waals surface area contributed by atoms with Gasteiger partial charge in [-0.2, -0.15) is 5.10 Å². The third kappa shape index (κ3) is 2.86. The van der Waals surface area contributed by atoms with E-state index in [1.54, 1.807) is 10.9 Å². The molecule has 21 heavy (non-hydrogen) atoms. The lowest BCUT2D eigenvalue weighted by Crippen LogP contribution is -2.19. The summed E-state index contributed by atoms with van der Waals surface area (Å²) < 4.78 is 1.73. The second-order valence-corrected chi connectivity index (χ2v) is 4.94. The highest BCUT2D eigenvalue weighted by Gasteiger charge is 2.20. The second-order valence-electron chi connectivity index (χ2n) is 4.94. The van der Waals surface area contributed by atoms with Crippen LogP contribution in [0.25, 0.3) is 5.69 Å². The topological polar surface area (TPSA) is 64.1 Å². The molecule has 2 unspecified atom stereocenters. The fraction of sp³-hybridized carbons (Fsp3) is 0.118. The maximum Gasteiger partial charge on any atom is 0.101 e. The van der Waals surface area contributed by atoms with Crippen LogP contribution in [0, 0.1) is 0 Å². The first-order chi connectivity index (χ1) is 10.3. The Morgan fingerprint density at radius 2 is 1.52 bits per heavy atom. The van der Waals surface area contributed by atoms with E-state index in [9.17, 15) is 5.11 Å². The normalized spacial score (nSPS) is 13.8. The van der Waals surface area contributed by atoms with Crippen molar-refractivity contribution in [2.24, 2.45) is 5.73 Å². The van der Waals surface area contributed by atoms with E-state index in [1.807, 2.05) is 66.9 Å². The molecule has 3 aromatic rings. The summed E-state index contributed by atoms with van der Waals surface area (Å²) in [5, 5.41) is 14.7. The molecule has 0 saturated heterocycles. The van der Waals surface area contributed by atoms with Crippen LogP contribution in [0.1, 0.15) is 23.3 Å². The largest absolute Gasteiger partial charge is 0.386 e. The molecule has 0 aliphatic heterocycles. The molecule has 4 heteroatoms. The number of aliphatic hydroxyl groups excluding tert-OH is 1. The maximum absolute atomic E-state index is 10.4. The van der Waals surface area contributed by atoms with Crippen molar-refractivity contribution in [3.05, 3.63) is 84.2 Å². The van der Waals surface area contributed by atoms with Gasteiger partial charge < -0.3 is 10.8 Å². The van der Waals surface area contributed by atoms with Gasteiger partial charge >= 0.3 is 0 Å². The van der Waals surface area contributed by atoms with Crippen molar-refractivity contribution in [2.45, 2.75) is 12.1 Å². The van der Waals surface area contributed by atoms with Gasteiger partial charge in [-0.15, -0.1) is 0 Å². The van der Waals surface area contributed by atoms with Gasteiger partial charge in [-0.1, -0.05) is 48.5 Å². The molecule has 106 valence electrons. The number of nitrogens with zero attached hydrogens (tertiary/aromatic N) is 2. The zero-order valence-electron chi connectivity index (χ0n) is 11.5. The Morgan fingerprint density at radius 3 is 2.19 bits per heavy atom. The minimum atomic E-state index is -0.787. The fourth-order valence-corrected chi connectivity index (χ4v) is 2.28. The summed E-state index contributed by atoms with van der Waals surface area (Å²) in [6.45, 7) is 0. The highest BCUT2D eigenvalue weighted by Crippen LogP contribution is 2.26. The Bertz CT molecular complexity index is 694. The Labute approximate surface area is 123 Å². The van der Waals surface area contributed by atoms with Crippen LogP contribution in [0.3, 0.4) is 0 Å². The molecular formula is C17H17N3O. The van der Waals surface area contributed by atoms with Crippen LogP contribution in [0.2, 0.25) is 0 Å². The zero-order chi connectivity index (χ0) is 14.7. The van der Waals surface area contributed by atoms with Gasteiger partial charge in [0.15, 0.2) is 0 Å². The highest BCUT2D eigenvalue weighted by atomic mass is 16.3. The minimum Gasteiger partial charge on any atom is -0.386 e. The number of hydrogen-bond donors (Lipinski definition) is 2. The highest BCUT2D eigenvalue weighted by molar-refractivity contribution is 5.32. The van der Waals surface area contributed by atoms with Crippen LogP contribution in [-0.2, 0) is 0 Å². The van der Waals surface area contributed by atoms with E-state index in [1.165, 1.54) is 0 Å². The molecule has 0 saturated carbocycles. The molecule has 4 nitrogen and oxygen atoms in total. The summed E-state index contributed by atoms with van der Waals surface area (Å²) in [6, 6.07) is 18.9. The molecule has 1 heterocycles. The number of para-hydroxylation sites is 1. The Kier molecular flexibility index (Phi) is 3.81. The van der Waals surface area contributed by atoms with Crippen LogP contribution < -0.4 is 5.73 Å². The van der Waals surface area contributed by atoms with Crippen LogP contribution in [0.15, 0.2) is 73.1 Å². The number of nitrogens with two attached hydrogens (primary N) is 1. The van der Waals surface area contributed by atoms with Gasteiger partial charge in [0.05, 0.1) is 17.9 Å². The van der Waals surface area contributed by atoms with E-state index >= 15 is 0 Å². The summed E-state index contributed by atoms with van der Waals surface area (Å²) in [4.78, 5) is 0. The number of hydrogen-bond acceptors (Lipinski definition) is 3. The third-order valence-electron chi connectivity index (χ3n) is 3.49. The molecule has 0 amide bonds. The fourth-order valence-electron chi connectivity index (χ4n) is 2.28. The molecule has 1 aromatic heterocycles. The lowest BCUT2D eigenvalue weighted by Gasteiger charge is -2.17. The van der Waals surface area contributed by atoms with Crippen molar-refractivity contribution in [1.29, 1.82) is 0 Å². The Hall–Kier alpha value is -2.43. The van der Waals surface area contributed by atoms with E-state index in [2.05, 4.69) is 5.10 Å². The summed E-state index contributed by atoms with van der Waals surface area (Å²) >= 11 is 0. The first kappa shape index (κ1) is 13.5. The Morgan fingerprint density at radius 1 is 0.905 bits per heavy atom. The van der Waals surface area contributed by atoms with E-state index in [0.717, 1.165) is 11.3 Å². The summed E-state index contributed by atoms with van der Waals surface area (Å²) in [7, 11) is 0. The van der Waals surface area contributed by atoms with Crippen molar-refractivity contribution in [3.63, 3.8) is 0 Å². The molecule has 2 aromatic carbocycles. The lowest BCUT2D eigenvalue weighted by molar-refractivity contribution is 0.147. The third-order valence-corrected chi connectivity index (χ3v) is 3.49. The smallest absolute Gasteiger partial charge is 0.101 e.